The molecule has 1 N–H and O–H groups in total. The third-order valence-corrected chi connectivity index (χ3v) is 3.20. The summed E-state index contributed by atoms with van der Waals surface area (Å²) in [7, 11) is 0. The summed E-state index contributed by atoms with van der Waals surface area (Å²) in [5.41, 5.74) is -0.736. The van der Waals surface area contributed by atoms with Gasteiger partial charge in [0.2, 0.25) is 0 Å². The van der Waals surface area contributed by atoms with Crippen molar-refractivity contribution in [1.29, 1.82) is 0 Å². The molecule has 8 nitrogen and oxygen atoms in total. The summed E-state index contributed by atoms with van der Waals surface area (Å²) in [6, 6.07) is 0. The fourth-order valence-corrected chi connectivity index (χ4v) is 2.31. The average molecular weight is 281 g/mol. The molecular formula is C10H11N5O3S. The Kier molecular flexibility index (Phi) is 3.85. The minimum atomic E-state index is -0.584. The lowest BCUT2D eigenvalue weighted by Gasteiger charge is -2.01. The van der Waals surface area contributed by atoms with E-state index in [1.54, 1.807) is 6.20 Å². The highest BCUT2D eigenvalue weighted by atomic mass is 32.1. The Labute approximate surface area is 111 Å². The van der Waals surface area contributed by atoms with Gasteiger partial charge in [0.1, 0.15) is 6.20 Å². The standard InChI is InChI=1S/C10H11N5O3S/c1-2-11-9-12-4-8(19-9)6-14-5-7(15(17)18)3-13-10(14)16/h3-5H,2,6H2,1H3,(H,11,12). The molecule has 0 saturated heterocycles. The topological polar surface area (TPSA) is 103 Å². The van der Waals surface area contributed by atoms with Crippen molar-refractivity contribution in [3.8, 4) is 0 Å². The van der Waals surface area contributed by atoms with Crippen LogP contribution in [0.3, 0.4) is 0 Å². The van der Waals surface area contributed by atoms with Crippen LogP contribution in [0.2, 0.25) is 0 Å². The number of nitro groups is 1. The molecular weight excluding hydrogens is 270 g/mol. The molecule has 0 aliphatic carbocycles. The first-order valence-corrected chi connectivity index (χ1v) is 6.31. The lowest BCUT2D eigenvalue weighted by Crippen LogP contribution is -2.22. The quantitative estimate of drug-likeness (QED) is 0.650. The number of rotatable bonds is 5. The highest BCUT2D eigenvalue weighted by Crippen LogP contribution is 2.18. The Morgan fingerprint density at radius 3 is 2.95 bits per heavy atom. The molecule has 0 atom stereocenters. The van der Waals surface area contributed by atoms with E-state index in [9.17, 15) is 14.9 Å². The second kappa shape index (κ2) is 5.57. The van der Waals surface area contributed by atoms with Crippen molar-refractivity contribution in [3.05, 3.63) is 44.1 Å². The summed E-state index contributed by atoms with van der Waals surface area (Å²) >= 11 is 1.40. The zero-order valence-electron chi connectivity index (χ0n) is 10.1. The second-order valence-corrected chi connectivity index (χ2v) is 4.76. The molecule has 0 radical (unpaired) electrons. The first kappa shape index (κ1) is 13.1. The first-order chi connectivity index (χ1) is 9.10. The van der Waals surface area contributed by atoms with E-state index in [1.807, 2.05) is 6.92 Å². The molecule has 0 fully saturated rings. The lowest BCUT2D eigenvalue weighted by atomic mass is 10.5. The largest absolute Gasteiger partial charge is 0.362 e. The van der Waals surface area contributed by atoms with Crippen molar-refractivity contribution in [1.82, 2.24) is 14.5 Å². The van der Waals surface area contributed by atoms with Gasteiger partial charge in [0.15, 0.2) is 5.13 Å². The minimum absolute atomic E-state index is 0.212. The zero-order valence-corrected chi connectivity index (χ0v) is 10.9. The van der Waals surface area contributed by atoms with Gasteiger partial charge in [-0.25, -0.2) is 9.78 Å². The van der Waals surface area contributed by atoms with Crippen molar-refractivity contribution in [2.45, 2.75) is 13.5 Å². The number of hydrogen-bond acceptors (Lipinski definition) is 7. The molecule has 9 heteroatoms. The van der Waals surface area contributed by atoms with Crippen LogP contribution in [-0.2, 0) is 6.54 Å². The molecule has 2 rings (SSSR count). The summed E-state index contributed by atoms with van der Waals surface area (Å²) in [4.78, 5) is 30.0. The number of thiazole rings is 1. The second-order valence-electron chi connectivity index (χ2n) is 3.64. The van der Waals surface area contributed by atoms with E-state index in [0.717, 1.165) is 22.8 Å². The summed E-state index contributed by atoms with van der Waals surface area (Å²) in [6.45, 7) is 2.93. The fourth-order valence-electron chi connectivity index (χ4n) is 1.43. The van der Waals surface area contributed by atoms with Crippen LogP contribution >= 0.6 is 11.3 Å². The van der Waals surface area contributed by atoms with Gasteiger partial charge in [0.25, 0.3) is 0 Å². The molecule has 2 heterocycles. The van der Waals surface area contributed by atoms with E-state index >= 15 is 0 Å². The molecule has 19 heavy (non-hydrogen) atoms. The van der Waals surface area contributed by atoms with Crippen LogP contribution in [0, 0.1) is 10.1 Å². The van der Waals surface area contributed by atoms with Crippen molar-refractivity contribution in [2.24, 2.45) is 0 Å². The van der Waals surface area contributed by atoms with E-state index in [1.165, 1.54) is 22.1 Å². The van der Waals surface area contributed by atoms with Crippen LogP contribution in [0.5, 0.6) is 0 Å². The molecule has 0 aromatic carbocycles. The molecule has 0 spiro atoms. The average Bonchev–Trinajstić information content (AvgIpc) is 2.80. The van der Waals surface area contributed by atoms with Crippen LogP contribution in [-0.4, -0.2) is 26.0 Å². The molecule has 0 aliphatic heterocycles. The van der Waals surface area contributed by atoms with Crippen LogP contribution in [0.4, 0.5) is 10.8 Å². The minimum Gasteiger partial charge on any atom is -0.362 e. The highest BCUT2D eigenvalue weighted by Gasteiger charge is 2.10. The maximum Gasteiger partial charge on any atom is 0.348 e. The molecule has 0 saturated carbocycles. The predicted octanol–water partition coefficient (Wildman–Crippen LogP) is 1.09. The third kappa shape index (κ3) is 3.13. The Balaban J connectivity index is 2.24. The van der Waals surface area contributed by atoms with Gasteiger partial charge in [-0.2, -0.15) is 4.98 Å². The smallest absolute Gasteiger partial charge is 0.348 e. The maximum atomic E-state index is 11.5. The molecule has 0 bridgehead atoms. The number of hydrogen-bond donors (Lipinski definition) is 1. The Morgan fingerprint density at radius 1 is 1.47 bits per heavy atom. The van der Waals surface area contributed by atoms with Crippen LogP contribution in [0.15, 0.2) is 23.4 Å². The summed E-state index contributed by atoms with van der Waals surface area (Å²) in [6.07, 6.45) is 3.77. The monoisotopic (exact) mass is 281 g/mol. The summed E-state index contributed by atoms with van der Waals surface area (Å²) in [5, 5.41) is 14.4. The Hall–Kier alpha value is -2.29. The van der Waals surface area contributed by atoms with Crippen molar-refractivity contribution in [2.75, 3.05) is 11.9 Å². The van der Waals surface area contributed by atoms with E-state index in [4.69, 9.17) is 0 Å². The molecule has 0 aliphatic rings. The first-order valence-electron chi connectivity index (χ1n) is 5.49. The van der Waals surface area contributed by atoms with Crippen LogP contribution in [0.1, 0.15) is 11.8 Å². The molecule has 0 unspecified atom stereocenters. The SMILES string of the molecule is CCNc1ncc(Cn2cc([N+](=O)[O-])cnc2=O)s1. The van der Waals surface area contributed by atoms with Crippen LogP contribution < -0.4 is 11.0 Å². The van der Waals surface area contributed by atoms with Crippen LogP contribution in [0.25, 0.3) is 0 Å². The normalized spacial score (nSPS) is 10.4. The maximum absolute atomic E-state index is 11.5. The van der Waals surface area contributed by atoms with E-state index in [0.29, 0.717) is 0 Å². The van der Waals surface area contributed by atoms with Gasteiger partial charge in [-0.1, -0.05) is 0 Å². The number of nitrogens with one attached hydrogen (secondary N) is 1. The van der Waals surface area contributed by atoms with Crippen molar-refractivity contribution < 1.29 is 4.92 Å². The van der Waals surface area contributed by atoms with Gasteiger partial charge in [0.05, 0.1) is 17.7 Å². The van der Waals surface area contributed by atoms with Gasteiger partial charge >= 0.3 is 11.4 Å². The van der Waals surface area contributed by atoms with Crippen molar-refractivity contribution in [3.63, 3.8) is 0 Å². The van der Waals surface area contributed by atoms with Gasteiger partial charge in [0, 0.05) is 17.6 Å². The number of nitrogens with zero attached hydrogens (tertiary/aromatic N) is 4. The predicted molar refractivity (Wildman–Crippen MR) is 70.5 cm³/mol. The number of anilines is 1. The molecule has 2 aromatic heterocycles. The summed E-state index contributed by atoms with van der Waals surface area (Å²) < 4.78 is 1.20. The third-order valence-electron chi connectivity index (χ3n) is 2.26. The highest BCUT2D eigenvalue weighted by molar-refractivity contribution is 7.15. The van der Waals surface area contributed by atoms with Gasteiger partial charge < -0.3 is 5.32 Å². The van der Waals surface area contributed by atoms with Crippen molar-refractivity contribution >= 4 is 22.2 Å². The fraction of sp³-hybridized carbons (Fsp3) is 0.300. The van der Waals surface area contributed by atoms with E-state index in [2.05, 4.69) is 15.3 Å². The zero-order chi connectivity index (χ0) is 13.8. The molecule has 2 aromatic rings. The number of aromatic nitrogens is 3. The summed E-state index contributed by atoms with van der Waals surface area (Å²) in [5.74, 6) is 0. The van der Waals surface area contributed by atoms with E-state index in [-0.39, 0.29) is 12.2 Å². The molecule has 0 amide bonds. The lowest BCUT2D eigenvalue weighted by molar-refractivity contribution is -0.385. The van der Waals surface area contributed by atoms with Gasteiger partial charge in [-0.15, -0.1) is 11.3 Å². The Morgan fingerprint density at radius 2 is 2.26 bits per heavy atom. The van der Waals surface area contributed by atoms with Gasteiger partial charge in [-0.05, 0) is 6.92 Å². The molecule has 100 valence electrons. The van der Waals surface area contributed by atoms with E-state index < -0.39 is 10.6 Å². The van der Waals surface area contributed by atoms with Gasteiger partial charge in [-0.3, -0.25) is 14.7 Å². The Bertz CT molecular complexity index is 651.